The summed E-state index contributed by atoms with van der Waals surface area (Å²) in [5.74, 6) is 0. The largest absolute Gasteiger partial charge is 0.310 e. The summed E-state index contributed by atoms with van der Waals surface area (Å²) in [6.45, 7) is 3.09. The Morgan fingerprint density at radius 2 is 1.95 bits per heavy atom. The second-order valence-electron chi connectivity index (χ2n) is 5.09. The van der Waals surface area contributed by atoms with Crippen molar-refractivity contribution in [3.05, 3.63) is 70.1 Å². The van der Waals surface area contributed by atoms with Crippen molar-refractivity contribution in [3.63, 3.8) is 0 Å². The third-order valence-electron chi connectivity index (χ3n) is 3.72. The molecule has 0 bridgehead atoms. The minimum Gasteiger partial charge on any atom is -0.310 e. The summed E-state index contributed by atoms with van der Waals surface area (Å²) >= 11 is 8.14. The summed E-state index contributed by atoms with van der Waals surface area (Å²) in [5.41, 5.74) is 2.56. The van der Waals surface area contributed by atoms with Gasteiger partial charge in [-0.05, 0) is 47.0 Å². The van der Waals surface area contributed by atoms with Gasteiger partial charge in [0.15, 0.2) is 0 Å². The molecule has 0 fully saturated rings. The number of thiophene rings is 1. The van der Waals surface area contributed by atoms with E-state index in [0.29, 0.717) is 0 Å². The monoisotopic (exact) mass is 315 g/mol. The maximum atomic E-state index is 6.33. The van der Waals surface area contributed by atoms with E-state index in [1.54, 1.807) is 0 Å². The summed E-state index contributed by atoms with van der Waals surface area (Å²) in [7, 11) is 0. The lowest BCUT2D eigenvalue weighted by molar-refractivity contribution is 0.554. The fourth-order valence-corrected chi connectivity index (χ4v) is 3.90. The van der Waals surface area contributed by atoms with E-state index < -0.39 is 0 Å². The highest BCUT2D eigenvalue weighted by Crippen LogP contribution is 2.31. The van der Waals surface area contributed by atoms with E-state index in [-0.39, 0.29) is 6.04 Å². The van der Waals surface area contributed by atoms with Crippen LogP contribution in [0.5, 0.6) is 0 Å². The van der Waals surface area contributed by atoms with Crippen molar-refractivity contribution in [1.29, 1.82) is 0 Å². The van der Waals surface area contributed by atoms with Crippen molar-refractivity contribution in [2.45, 2.75) is 19.4 Å². The molecule has 1 heterocycles. The molecule has 108 valence electrons. The van der Waals surface area contributed by atoms with Gasteiger partial charge in [-0.1, -0.05) is 54.9 Å². The summed E-state index contributed by atoms with van der Waals surface area (Å²) in [5, 5.41) is 7.93. The SMILES string of the molecule is CCNC(Cc1ccccc1Cl)c1cccc2ccsc12. The van der Waals surface area contributed by atoms with Crippen molar-refractivity contribution in [2.75, 3.05) is 6.54 Å². The number of likely N-dealkylation sites (N-methyl/N-ethyl adjacent to an activating group) is 1. The average Bonchev–Trinajstić information content (AvgIpc) is 2.97. The second kappa shape index (κ2) is 6.61. The molecule has 21 heavy (non-hydrogen) atoms. The molecule has 3 rings (SSSR count). The number of hydrogen-bond donors (Lipinski definition) is 1. The maximum absolute atomic E-state index is 6.33. The first kappa shape index (κ1) is 14.6. The van der Waals surface area contributed by atoms with Crippen molar-refractivity contribution in [3.8, 4) is 0 Å². The van der Waals surface area contributed by atoms with E-state index >= 15 is 0 Å². The molecule has 0 saturated carbocycles. The number of halogens is 1. The van der Waals surface area contributed by atoms with Gasteiger partial charge in [-0.15, -0.1) is 11.3 Å². The molecule has 0 aliphatic carbocycles. The highest BCUT2D eigenvalue weighted by atomic mass is 35.5. The van der Waals surface area contributed by atoms with Crippen LogP contribution in [0.1, 0.15) is 24.1 Å². The summed E-state index contributed by atoms with van der Waals surface area (Å²) < 4.78 is 1.37. The van der Waals surface area contributed by atoms with Crippen LogP contribution in [0.25, 0.3) is 10.1 Å². The zero-order chi connectivity index (χ0) is 14.7. The van der Waals surface area contributed by atoms with Gasteiger partial charge >= 0.3 is 0 Å². The molecule has 0 saturated heterocycles. The Labute approximate surface area is 134 Å². The summed E-state index contributed by atoms with van der Waals surface area (Å²) in [4.78, 5) is 0. The molecule has 3 heteroatoms. The van der Waals surface area contributed by atoms with Gasteiger partial charge in [0.05, 0.1) is 0 Å². The molecule has 1 N–H and O–H groups in total. The minimum atomic E-state index is 0.289. The van der Waals surface area contributed by atoms with Crippen molar-refractivity contribution < 1.29 is 0 Å². The first-order valence-electron chi connectivity index (χ1n) is 7.22. The first-order valence-corrected chi connectivity index (χ1v) is 8.48. The average molecular weight is 316 g/mol. The van der Waals surface area contributed by atoms with Crippen LogP contribution in [0.4, 0.5) is 0 Å². The lowest BCUT2D eigenvalue weighted by Crippen LogP contribution is -2.23. The standard InChI is InChI=1S/C18H18ClNS/c1-2-20-17(12-14-6-3-4-9-16(14)19)15-8-5-7-13-10-11-21-18(13)15/h3-11,17,20H,2,12H2,1H3. The van der Waals surface area contributed by atoms with Gasteiger partial charge in [-0.2, -0.15) is 0 Å². The quantitative estimate of drug-likeness (QED) is 0.660. The topological polar surface area (TPSA) is 12.0 Å². The van der Waals surface area contributed by atoms with Gasteiger partial charge < -0.3 is 5.32 Å². The predicted molar refractivity (Wildman–Crippen MR) is 93.4 cm³/mol. The number of rotatable bonds is 5. The Kier molecular flexibility index (Phi) is 4.59. The van der Waals surface area contributed by atoms with E-state index in [0.717, 1.165) is 18.0 Å². The Morgan fingerprint density at radius 1 is 1.10 bits per heavy atom. The number of nitrogens with one attached hydrogen (secondary N) is 1. The Bertz CT molecular complexity index is 735. The van der Waals surface area contributed by atoms with E-state index in [9.17, 15) is 0 Å². The van der Waals surface area contributed by atoms with Gasteiger partial charge in [0.2, 0.25) is 0 Å². The lowest BCUT2D eigenvalue weighted by Gasteiger charge is -2.20. The van der Waals surface area contributed by atoms with Crippen LogP contribution in [-0.2, 0) is 6.42 Å². The van der Waals surface area contributed by atoms with E-state index in [4.69, 9.17) is 11.6 Å². The Balaban J connectivity index is 1.98. The molecule has 1 unspecified atom stereocenters. The molecular weight excluding hydrogens is 298 g/mol. The van der Waals surface area contributed by atoms with Crippen LogP contribution in [0.3, 0.4) is 0 Å². The highest BCUT2D eigenvalue weighted by Gasteiger charge is 2.16. The molecule has 0 amide bonds. The second-order valence-corrected chi connectivity index (χ2v) is 6.42. The van der Waals surface area contributed by atoms with Crippen molar-refractivity contribution in [1.82, 2.24) is 5.32 Å². The van der Waals surface area contributed by atoms with Crippen LogP contribution in [0.15, 0.2) is 53.9 Å². The van der Waals surface area contributed by atoms with Gasteiger partial charge in [0.1, 0.15) is 0 Å². The molecule has 0 spiro atoms. The predicted octanol–water partition coefficient (Wildman–Crippen LogP) is 5.45. The highest BCUT2D eigenvalue weighted by molar-refractivity contribution is 7.17. The van der Waals surface area contributed by atoms with Gasteiger partial charge in [-0.3, -0.25) is 0 Å². The molecule has 2 aromatic carbocycles. The molecule has 1 aromatic heterocycles. The summed E-state index contributed by atoms with van der Waals surface area (Å²) in [6, 6.07) is 17.1. The first-order chi connectivity index (χ1) is 10.3. The van der Waals surface area contributed by atoms with Crippen LogP contribution in [0.2, 0.25) is 5.02 Å². The van der Waals surface area contributed by atoms with Crippen LogP contribution < -0.4 is 5.32 Å². The Morgan fingerprint density at radius 3 is 2.76 bits per heavy atom. The van der Waals surface area contributed by atoms with E-state index in [1.165, 1.54) is 21.2 Å². The van der Waals surface area contributed by atoms with Crippen LogP contribution in [-0.4, -0.2) is 6.54 Å². The smallest absolute Gasteiger partial charge is 0.0438 e. The molecule has 3 aromatic rings. The zero-order valence-electron chi connectivity index (χ0n) is 12.0. The normalized spacial score (nSPS) is 12.7. The molecule has 0 aliphatic heterocycles. The third kappa shape index (κ3) is 3.13. The van der Waals surface area contributed by atoms with Crippen molar-refractivity contribution in [2.24, 2.45) is 0 Å². The zero-order valence-corrected chi connectivity index (χ0v) is 13.5. The molecule has 1 atom stereocenters. The number of benzene rings is 2. The van der Waals surface area contributed by atoms with Crippen molar-refractivity contribution >= 4 is 33.0 Å². The van der Waals surface area contributed by atoms with Gasteiger partial charge in [0.25, 0.3) is 0 Å². The van der Waals surface area contributed by atoms with Crippen LogP contribution >= 0.6 is 22.9 Å². The lowest BCUT2D eigenvalue weighted by atomic mass is 9.98. The molecule has 0 radical (unpaired) electrons. The van der Waals surface area contributed by atoms with E-state index in [1.807, 2.05) is 23.5 Å². The number of fused-ring (bicyclic) bond motifs is 1. The fraction of sp³-hybridized carbons (Fsp3) is 0.222. The van der Waals surface area contributed by atoms with Gasteiger partial charge in [0, 0.05) is 15.8 Å². The van der Waals surface area contributed by atoms with E-state index in [2.05, 4.69) is 54.0 Å². The molecule has 1 nitrogen and oxygen atoms in total. The van der Waals surface area contributed by atoms with Gasteiger partial charge in [-0.25, -0.2) is 0 Å². The third-order valence-corrected chi connectivity index (χ3v) is 5.07. The Hall–Kier alpha value is -1.35. The molecule has 0 aliphatic rings. The molecular formula is C18H18ClNS. The van der Waals surface area contributed by atoms with Crippen LogP contribution in [0, 0.1) is 0 Å². The number of hydrogen-bond acceptors (Lipinski definition) is 2. The minimum absolute atomic E-state index is 0.289. The summed E-state index contributed by atoms with van der Waals surface area (Å²) in [6.07, 6.45) is 0.907. The maximum Gasteiger partial charge on any atom is 0.0438 e. The fourth-order valence-electron chi connectivity index (χ4n) is 2.71.